The lowest BCUT2D eigenvalue weighted by molar-refractivity contribution is 0.102. The highest BCUT2D eigenvalue weighted by Crippen LogP contribution is 2.38. The van der Waals surface area contributed by atoms with Gasteiger partial charge in [-0.25, -0.2) is 9.97 Å². The number of anilines is 2. The molecule has 0 spiro atoms. The smallest absolute Gasteiger partial charge is 0.256 e. The van der Waals surface area contributed by atoms with E-state index >= 15 is 0 Å². The summed E-state index contributed by atoms with van der Waals surface area (Å²) in [4.78, 5) is 22.2. The van der Waals surface area contributed by atoms with Crippen LogP contribution >= 0.6 is 11.3 Å². The largest absolute Gasteiger partial charge is 0.375 e. The minimum Gasteiger partial charge on any atom is -0.375 e. The minimum atomic E-state index is -0.201. The molecule has 5 nitrogen and oxygen atoms in total. The molecule has 28 heavy (non-hydrogen) atoms. The van der Waals surface area contributed by atoms with Crippen molar-refractivity contribution in [1.29, 1.82) is 0 Å². The number of amides is 1. The molecule has 0 saturated carbocycles. The van der Waals surface area contributed by atoms with Gasteiger partial charge >= 0.3 is 0 Å². The molecule has 0 aliphatic carbocycles. The van der Waals surface area contributed by atoms with Gasteiger partial charge < -0.3 is 11.1 Å². The summed E-state index contributed by atoms with van der Waals surface area (Å²) in [6, 6.07) is 20.9. The van der Waals surface area contributed by atoms with E-state index in [-0.39, 0.29) is 5.91 Å². The standard InChI is InChI=1S/C22H18N4OS/c1-14-6-5-9-16(12-14)19-20(28-22(23)26-19)17-10-11-24-18(13-17)25-21(27)15-7-3-2-4-8-15/h2-13H,1H3,(H2,23,26)(H,24,25,27). The number of aryl methyl sites for hydroxylation is 1. The number of hydrogen-bond acceptors (Lipinski definition) is 5. The molecule has 0 saturated heterocycles. The molecular formula is C22H18N4OS. The quantitative estimate of drug-likeness (QED) is 0.516. The van der Waals surface area contributed by atoms with Gasteiger partial charge in [-0.1, -0.05) is 53.3 Å². The summed E-state index contributed by atoms with van der Waals surface area (Å²) >= 11 is 1.42. The van der Waals surface area contributed by atoms with E-state index in [1.165, 1.54) is 11.3 Å². The van der Waals surface area contributed by atoms with Gasteiger partial charge in [0.15, 0.2) is 5.13 Å². The predicted molar refractivity (Wildman–Crippen MR) is 114 cm³/mol. The fourth-order valence-corrected chi connectivity index (χ4v) is 3.79. The van der Waals surface area contributed by atoms with E-state index in [0.29, 0.717) is 16.5 Å². The summed E-state index contributed by atoms with van der Waals surface area (Å²) in [6.45, 7) is 2.04. The third-order valence-electron chi connectivity index (χ3n) is 4.23. The maximum absolute atomic E-state index is 12.4. The van der Waals surface area contributed by atoms with E-state index < -0.39 is 0 Å². The number of aromatic nitrogens is 2. The molecule has 0 fully saturated rings. The Balaban J connectivity index is 1.68. The van der Waals surface area contributed by atoms with E-state index in [1.807, 2.05) is 55.5 Å². The van der Waals surface area contributed by atoms with E-state index in [1.54, 1.807) is 18.3 Å². The summed E-state index contributed by atoms with van der Waals surface area (Å²) in [5.41, 5.74) is 10.5. The third kappa shape index (κ3) is 3.77. The van der Waals surface area contributed by atoms with Gasteiger partial charge in [-0.05, 0) is 42.8 Å². The lowest BCUT2D eigenvalue weighted by atomic mass is 10.1. The van der Waals surface area contributed by atoms with Crippen molar-refractivity contribution >= 4 is 28.2 Å². The first-order chi connectivity index (χ1) is 13.6. The molecule has 4 aromatic rings. The van der Waals surface area contributed by atoms with E-state index in [4.69, 9.17) is 5.73 Å². The van der Waals surface area contributed by atoms with Crippen LogP contribution in [0.3, 0.4) is 0 Å². The molecule has 2 heterocycles. The average Bonchev–Trinajstić information content (AvgIpc) is 3.11. The Hall–Kier alpha value is -3.51. The number of rotatable bonds is 4. The molecule has 138 valence electrons. The molecule has 3 N–H and O–H groups in total. The van der Waals surface area contributed by atoms with Gasteiger partial charge in [0.05, 0.1) is 10.6 Å². The van der Waals surface area contributed by atoms with Crippen LogP contribution in [0.4, 0.5) is 10.9 Å². The fourth-order valence-electron chi connectivity index (χ4n) is 2.94. The van der Waals surface area contributed by atoms with Crippen molar-refractivity contribution in [3.8, 4) is 21.7 Å². The molecule has 2 aromatic heterocycles. The van der Waals surface area contributed by atoms with Crippen molar-refractivity contribution in [2.75, 3.05) is 11.1 Å². The second kappa shape index (κ2) is 7.62. The first-order valence-electron chi connectivity index (χ1n) is 8.76. The van der Waals surface area contributed by atoms with Crippen molar-refractivity contribution in [2.24, 2.45) is 0 Å². The van der Waals surface area contributed by atoms with Crippen LogP contribution in [0.2, 0.25) is 0 Å². The van der Waals surface area contributed by atoms with Crippen molar-refractivity contribution in [3.05, 3.63) is 84.1 Å². The first kappa shape index (κ1) is 17.9. The summed E-state index contributed by atoms with van der Waals surface area (Å²) in [5.74, 6) is 0.279. The third-order valence-corrected chi connectivity index (χ3v) is 5.17. The highest BCUT2D eigenvalue weighted by atomic mass is 32.1. The number of hydrogen-bond donors (Lipinski definition) is 2. The summed E-state index contributed by atoms with van der Waals surface area (Å²) < 4.78 is 0. The summed E-state index contributed by atoms with van der Waals surface area (Å²) in [5, 5.41) is 3.34. The number of nitrogens with zero attached hydrogens (tertiary/aromatic N) is 2. The Morgan fingerprint density at radius 3 is 2.61 bits per heavy atom. The molecule has 6 heteroatoms. The molecule has 0 bridgehead atoms. The number of nitrogen functional groups attached to an aromatic ring is 1. The Morgan fingerprint density at radius 2 is 1.82 bits per heavy atom. The molecule has 0 radical (unpaired) electrons. The number of thiazole rings is 1. The van der Waals surface area contributed by atoms with Crippen LogP contribution in [0.5, 0.6) is 0 Å². The minimum absolute atomic E-state index is 0.201. The average molecular weight is 386 g/mol. The second-order valence-electron chi connectivity index (χ2n) is 6.35. The molecule has 2 aromatic carbocycles. The zero-order chi connectivity index (χ0) is 19.5. The topological polar surface area (TPSA) is 80.9 Å². The highest BCUT2D eigenvalue weighted by Gasteiger charge is 2.15. The number of carbonyl (C=O) groups is 1. The SMILES string of the molecule is Cc1cccc(-c2nc(N)sc2-c2ccnc(NC(=O)c3ccccc3)c2)c1. The zero-order valence-electron chi connectivity index (χ0n) is 15.2. The lowest BCUT2D eigenvalue weighted by Gasteiger charge is -2.07. The van der Waals surface area contributed by atoms with Gasteiger partial charge in [-0.15, -0.1) is 0 Å². The monoisotopic (exact) mass is 386 g/mol. The van der Waals surface area contributed by atoms with E-state index in [2.05, 4.69) is 21.4 Å². The predicted octanol–water partition coefficient (Wildman–Crippen LogP) is 5.02. The molecule has 1 amide bonds. The Bertz CT molecular complexity index is 1140. The van der Waals surface area contributed by atoms with Crippen LogP contribution < -0.4 is 11.1 Å². The highest BCUT2D eigenvalue weighted by molar-refractivity contribution is 7.19. The molecule has 0 aliphatic heterocycles. The van der Waals surface area contributed by atoms with E-state index in [0.717, 1.165) is 27.3 Å². The number of nitrogens with two attached hydrogens (primary N) is 1. The normalized spacial score (nSPS) is 10.6. The number of pyridine rings is 1. The van der Waals surface area contributed by atoms with Crippen LogP contribution in [0.1, 0.15) is 15.9 Å². The maximum Gasteiger partial charge on any atom is 0.256 e. The molecule has 0 unspecified atom stereocenters. The van der Waals surface area contributed by atoms with Gasteiger partial charge in [0.2, 0.25) is 0 Å². The van der Waals surface area contributed by atoms with Crippen molar-refractivity contribution in [1.82, 2.24) is 9.97 Å². The Morgan fingerprint density at radius 1 is 1.00 bits per heavy atom. The van der Waals surface area contributed by atoms with Gasteiger partial charge in [0.25, 0.3) is 5.91 Å². The van der Waals surface area contributed by atoms with Gasteiger partial charge in [-0.2, -0.15) is 0 Å². The number of carbonyl (C=O) groups excluding carboxylic acids is 1. The Labute approximate surface area is 166 Å². The zero-order valence-corrected chi connectivity index (χ0v) is 16.0. The summed E-state index contributed by atoms with van der Waals surface area (Å²) in [6.07, 6.45) is 1.67. The molecule has 0 atom stereocenters. The molecule has 4 rings (SSSR count). The molecule has 0 aliphatic rings. The first-order valence-corrected chi connectivity index (χ1v) is 9.58. The van der Waals surface area contributed by atoms with Crippen LogP contribution in [0.25, 0.3) is 21.7 Å². The van der Waals surface area contributed by atoms with Gasteiger partial charge in [-0.3, -0.25) is 4.79 Å². The maximum atomic E-state index is 12.4. The molecular weight excluding hydrogens is 368 g/mol. The summed E-state index contributed by atoms with van der Waals surface area (Å²) in [7, 11) is 0. The van der Waals surface area contributed by atoms with Crippen LogP contribution in [-0.4, -0.2) is 15.9 Å². The fraction of sp³-hybridized carbons (Fsp3) is 0.0455. The van der Waals surface area contributed by atoms with Crippen LogP contribution in [0, 0.1) is 6.92 Å². The van der Waals surface area contributed by atoms with Crippen LogP contribution in [-0.2, 0) is 0 Å². The number of benzene rings is 2. The Kier molecular flexibility index (Phi) is 4.87. The lowest BCUT2D eigenvalue weighted by Crippen LogP contribution is -2.12. The van der Waals surface area contributed by atoms with Gasteiger partial charge in [0.1, 0.15) is 5.82 Å². The van der Waals surface area contributed by atoms with Gasteiger partial charge in [0, 0.05) is 17.3 Å². The van der Waals surface area contributed by atoms with Crippen molar-refractivity contribution < 1.29 is 4.79 Å². The van der Waals surface area contributed by atoms with Crippen molar-refractivity contribution in [3.63, 3.8) is 0 Å². The van der Waals surface area contributed by atoms with Crippen LogP contribution in [0.15, 0.2) is 72.9 Å². The second-order valence-corrected chi connectivity index (χ2v) is 7.38. The van der Waals surface area contributed by atoms with E-state index in [9.17, 15) is 4.79 Å². The number of nitrogens with one attached hydrogen (secondary N) is 1. The van der Waals surface area contributed by atoms with Crippen molar-refractivity contribution in [2.45, 2.75) is 6.92 Å².